The lowest BCUT2D eigenvalue weighted by Gasteiger charge is -2.32. The number of benzene rings is 1. The maximum atomic E-state index is 5.36. The van der Waals surface area contributed by atoms with E-state index in [9.17, 15) is 0 Å². The lowest BCUT2D eigenvalue weighted by molar-refractivity contribution is 0.200. The van der Waals surface area contributed by atoms with Crippen molar-refractivity contribution in [1.29, 1.82) is 0 Å². The van der Waals surface area contributed by atoms with Gasteiger partial charge in [-0.2, -0.15) is 0 Å². The predicted molar refractivity (Wildman–Crippen MR) is 109 cm³/mol. The summed E-state index contributed by atoms with van der Waals surface area (Å²) in [5.41, 5.74) is 1.11. The Labute approximate surface area is 159 Å². The third-order valence-corrected chi connectivity index (χ3v) is 4.87. The molecule has 0 saturated heterocycles. The molecule has 0 aliphatic carbocycles. The fraction of sp³-hybridized carbons (Fsp3) is 0.650. The average Bonchev–Trinajstić information content (AvgIpc) is 2.66. The van der Waals surface area contributed by atoms with Crippen LogP contribution in [0.4, 0.5) is 0 Å². The van der Waals surface area contributed by atoms with E-state index in [-0.39, 0.29) is 0 Å². The minimum Gasteiger partial charge on any atom is -0.493 e. The molecule has 0 aromatic heterocycles. The first kappa shape index (κ1) is 22.1. The van der Waals surface area contributed by atoms with Gasteiger partial charge in [0.05, 0.1) is 14.2 Å². The molecule has 1 unspecified atom stereocenters. The molecule has 0 aliphatic rings. The molecule has 148 valence electrons. The molecule has 0 saturated carbocycles. The van der Waals surface area contributed by atoms with Gasteiger partial charge in [0.1, 0.15) is 0 Å². The second kappa shape index (κ2) is 11.6. The van der Waals surface area contributed by atoms with E-state index in [1.807, 2.05) is 18.2 Å². The number of likely N-dealkylation sites (N-methyl/N-ethyl adjacent to an activating group) is 1. The highest BCUT2D eigenvalue weighted by molar-refractivity contribution is 5.79. The largest absolute Gasteiger partial charge is 0.493 e. The molecule has 1 atom stereocenters. The molecule has 0 heterocycles. The Hall–Kier alpha value is -1.95. The zero-order valence-corrected chi connectivity index (χ0v) is 17.4. The van der Waals surface area contributed by atoms with E-state index in [0.717, 1.165) is 29.6 Å². The van der Waals surface area contributed by atoms with Crippen LogP contribution in [0.3, 0.4) is 0 Å². The predicted octanol–water partition coefficient (Wildman–Crippen LogP) is 2.74. The molecule has 26 heavy (non-hydrogen) atoms. The van der Waals surface area contributed by atoms with Gasteiger partial charge < -0.3 is 25.0 Å². The second-order valence-corrected chi connectivity index (χ2v) is 6.60. The Kier molecular flexibility index (Phi) is 9.88. The van der Waals surface area contributed by atoms with Crippen LogP contribution in [0.2, 0.25) is 0 Å². The summed E-state index contributed by atoms with van der Waals surface area (Å²) < 4.78 is 10.6. The Balaban J connectivity index is 2.65. The Bertz CT molecular complexity index is 557. The van der Waals surface area contributed by atoms with Crippen LogP contribution in [0.25, 0.3) is 0 Å². The standard InChI is InChI=1S/C20H36N4O2/c1-8-16(9-2)17(24(4)5)14-23-20(21-3)22-13-15-10-11-18(25-6)19(12-15)26-7/h10-12,16-17H,8-9,13-14H2,1-7H3,(H2,21,22,23). The van der Waals surface area contributed by atoms with Crippen molar-refractivity contribution in [3.63, 3.8) is 0 Å². The Morgan fingerprint density at radius 2 is 1.73 bits per heavy atom. The van der Waals surface area contributed by atoms with Gasteiger partial charge in [0.2, 0.25) is 0 Å². The lowest BCUT2D eigenvalue weighted by atomic mass is 9.93. The maximum Gasteiger partial charge on any atom is 0.191 e. The number of methoxy groups -OCH3 is 2. The van der Waals surface area contributed by atoms with Crippen LogP contribution < -0.4 is 20.1 Å². The third kappa shape index (κ3) is 6.41. The van der Waals surface area contributed by atoms with E-state index in [1.165, 1.54) is 12.8 Å². The number of nitrogens with zero attached hydrogens (tertiary/aromatic N) is 2. The monoisotopic (exact) mass is 364 g/mol. The normalized spacial score (nSPS) is 13.0. The highest BCUT2D eigenvalue weighted by Crippen LogP contribution is 2.27. The van der Waals surface area contributed by atoms with Crippen molar-refractivity contribution in [3.05, 3.63) is 23.8 Å². The first-order valence-corrected chi connectivity index (χ1v) is 9.32. The zero-order valence-electron chi connectivity index (χ0n) is 17.4. The number of guanidine groups is 1. The summed E-state index contributed by atoms with van der Waals surface area (Å²) >= 11 is 0. The number of ether oxygens (including phenoxy) is 2. The topological polar surface area (TPSA) is 58.1 Å². The number of hydrogen-bond acceptors (Lipinski definition) is 4. The molecule has 2 N–H and O–H groups in total. The van der Waals surface area contributed by atoms with Gasteiger partial charge in [0.15, 0.2) is 17.5 Å². The summed E-state index contributed by atoms with van der Waals surface area (Å²) in [6.45, 7) is 6.05. The first-order chi connectivity index (χ1) is 12.5. The second-order valence-electron chi connectivity index (χ2n) is 6.60. The molecule has 6 heteroatoms. The third-order valence-electron chi connectivity index (χ3n) is 4.87. The van der Waals surface area contributed by atoms with Gasteiger partial charge in [-0.3, -0.25) is 4.99 Å². The van der Waals surface area contributed by atoms with Crippen LogP contribution >= 0.6 is 0 Å². The fourth-order valence-electron chi connectivity index (χ4n) is 3.20. The van der Waals surface area contributed by atoms with E-state index >= 15 is 0 Å². The van der Waals surface area contributed by atoms with E-state index in [1.54, 1.807) is 21.3 Å². The summed E-state index contributed by atoms with van der Waals surface area (Å²) in [5.74, 6) is 2.94. The maximum absolute atomic E-state index is 5.36. The van der Waals surface area contributed by atoms with Gasteiger partial charge in [-0.25, -0.2) is 0 Å². The molecule has 0 fully saturated rings. The fourth-order valence-corrected chi connectivity index (χ4v) is 3.20. The van der Waals surface area contributed by atoms with Crippen molar-refractivity contribution in [2.75, 3.05) is 41.9 Å². The van der Waals surface area contributed by atoms with Crippen LogP contribution in [-0.2, 0) is 6.54 Å². The quantitative estimate of drug-likeness (QED) is 0.494. The minimum atomic E-state index is 0.477. The van der Waals surface area contributed by atoms with Crippen molar-refractivity contribution in [2.24, 2.45) is 10.9 Å². The van der Waals surface area contributed by atoms with Gasteiger partial charge in [-0.05, 0) is 37.7 Å². The molecular weight excluding hydrogens is 328 g/mol. The molecule has 6 nitrogen and oxygen atoms in total. The molecule has 0 amide bonds. The van der Waals surface area contributed by atoms with E-state index in [0.29, 0.717) is 18.5 Å². The smallest absolute Gasteiger partial charge is 0.191 e. The van der Waals surface area contributed by atoms with E-state index < -0.39 is 0 Å². The highest BCUT2D eigenvalue weighted by atomic mass is 16.5. The number of aliphatic imine (C=N–C) groups is 1. The van der Waals surface area contributed by atoms with Gasteiger partial charge in [0, 0.05) is 26.2 Å². The minimum absolute atomic E-state index is 0.477. The molecule has 0 radical (unpaired) electrons. The molecule has 0 bridgehead atoms. The van der Waals surface area contributed by atoms with E-state index in [4.69, 9.17) is 9.47 Å². The molecule has 0 aliphatic heterocycles. The summed E-state index contributed by atoms with van der Waals surface area (Å²) in [5, 5.41) is 6.83. The van der Waals surface area contributed by atoms with Crippen LogP contribution in [0.15, 0.2) is 23.2 Å². The van der Waals surface area contributed by atoms with Crippen molar-refractivity contribution >= 4 is 5.96 Å². The SMILES string of the molecule is CCC(CC)C(CNC(=NC)NCc1ccc(OC)c(OC)c1)N(C)C. The Morgan fingerprint density at radius 1 is 1.08 bits per heavy atom. The van der Waals surface area contributed by atoms with Gasteiger partial charge in [-0.1, -0.05) is 32.8 Å². The molecular formula is C20H36N4O2. The summed E-state index contributed by atoms with van der Waals surface area (Å²) in [6.07, 6.45) is 2.36. The zero-order chi connectivity index (χ0) is 19.5. The highest BCUT2D eigenvalue weighted by Gasteiger charge is 2.20. The number of hydrogen-bond donors (Lipinski definition) is 2. The van der Waals surface area contributed by atoms with Crippen LogP contribution in [0.5, 0.6) is 11.5 Å². The lowest BCUT2D eigenvalue weighted by Crippen LogP contribution is -2.47. The summed E-state index contributed by atoms with van der Waals surface area (Å²) in [7, 11) is 9.37. The van der Waals surface area contributed by atoms with Crippen LogP contribution in [-0.4, -0.2) is 58.8 Å². The molecule has 1 rings (SSSR count). The van der Waals surface area contributed by atoms with Gasteiger partial charge >= 0.3 is 0 Å². The Morgan fingerprint density at radius 3 is 2.23 bits per heavy atom. The van der Waals surface area contributed by atoms with Crippen molar-refractivity contribution < 1.29 is 9.47 Å². The van der Waals surface area contributed by atoms with Gasteiger partial charge in [0.25, 0.3) is 0 Å². The van der Waals surface area contributed by atoms with Crippen molar-refractivity contribution in [2.45, 2.75) is 39.3 Å². The van der Waals surface area contributed by atoms with Crippen molar-refractivity contribution in [1.82, 2.24) is 15.5 Å². The van der Waals surface area contributed by atoms with Crippen LogP contribution in [0.1, 0.15) is 32.3 Å². The number of nitrogens with one attached hydrogen (secondary N) is 2. The molecule has 1 aromatic carbocycles. The summed E-state index contributed by atoms with van der Waals surface area (Å²) in [4.78, 5) is 6.64. The summed E-state index contributed by atoms with van der Waals surface area (Å²) in [6, 6.07) is 6.39. The average molecular weight is 365 g/mol. The van der Waals surface area contributed by atoms with Gasteiger partial charge in [-0.15, -0.1) is 0 Å². The van der Waals surface area contributed by atoms with Crippen LogP contribution in [0, 0.1) is 5.92 Å². The number of rotatable bonds is 10. The molecule has 1 aromatic rings. The first-order valence-electron chi connectivity index (χ1n) is 9.32. The van der Waals surface area contributed by atoms with Crippen molar-refractivity contribution in [3.8, 4) is 11.5 Å². The molecule has 0 spiro atoms. The van der Waals surface area contributed by atoms with E-state index in [2.05, 4.69) is 48.5 Å².